The Balaban J connectivity index is 2.19. The molecule has 0 bridgehead atoms. The molecule has 0 aliphatic heterocycles. The Morgan fingerprint density at radius 1 is 1.48 bits per heavy atom. The van der Waals surface area contributed by atoms with Crippen LogP contribution < -0.4 is 10.6 Å². The van der Waals surface area contributed by atoms with E-state index < -0.39 is 5.60 Å². The zero-order chi connectivity index (χ0) is 15.9. The molecule has 1 rings (SSSR count). The zero-order valence-corrected chi connectivity index (χ0v) is 13.8. The number of nitrogens with one attached hydrogen (secondary N) is 2. The lowest BCUT2D eigenvalue weighted by molar-refractivity contribution is 0.0506. The molecule has 6 heteroatoms. The van der Waals surface area contributed by atoms with Gasteiger partial charge in [0.05, 0.1) is 5.69 Å². The van der Waals surface area contributed by atoms with E-state index in [1.807, 2.05) is 44.6 Å². The molecule has 1 aromatic heterocycles. The second-order valence-corrected chi connectivity index (χ2v) is 6.15. The lowest BCUT2D eigenvalue weighted by Gasteiger charge is -2.22. The van der Waals surface area contributed by atoms with E-state index in [4.69, 9.17) is 4.74 Å². The molecule has 120 valence electrons. The summed E-state index contributed by atoms with van der Waals surface area (Å²) in [7, 11) is 0. The average molecular weight is 296 g/mol. The van der Waals surface area contributed by atoms with E-state index in [2.05, 4.69) is 22.7 Å². The van der Waals surface area contributed by atoms with Crippen LogP contribution in [0.2, 0.25) is 0 Å². The molecule has 1 atom stereocenters. The fraction of sp³-hybridized carbons (Fsp3) is 0.733. The van der Waals surface area contributed by atoms with Crippen LogP contribution in [-0.2, 0) is 17.8 Å². The van der Waals surface area contributed by atoms with Gasteiger partial charge in [-0.2, -0.15) is 5.10 Å². The van der Waals surface area contributed by atoms with Gasteiger partial charge in [0.2, 0.25) is 0 Å². The van der Waals surface area contributed by atoms with Gasteiger partial charge in [-0.15, -0.1) is 0 Å². The van der Waals surface area contributed by atoms with Gasteiger partial charge in [-0.1, -0.05) is 0 Å². The number of carbonyl (C=O) groups excluding carboxylic acids is 1. The number of aryl methyl sites for hydroxylation is 1. The molecular formula is C15H28N4O2. The number of amides is 1. The van der Waals surface area contributed by atoms with Gasteiger partial charge in [0, 0.05) is 25.3 Å². The molecule has 0 fully saturated rings. The molecule has 2 N–H and O–H groups in total. The van der Waals surface area contributed by atoms with E-state index in [1.54, 1.807) is 0 Å². The van der Waals surface area contributed by atoms with E-state index >= 15 is 0 Å². The molecule has 0 aliphatic carbocycles. The van der Waals surface area contributed by atoms with Crippen LogP contribution in [-0.4, -0.2) is 34.1 Å². The van der Waals surface area contributed by atoms with Gasteiger partial charge >= 0.3 is 6.09 Å². The first-order chi connectivity index (χ1) is 9.81. The molecular weight excluding hydrogens is 268 g/mol. The number of hydrogen-bond donors (Lipinski definition) is 2. The van der Waals surface area contributed by atoms with Crippen molar-refractivity contribution in [2.45, 2.75) is 65.8 Å². The van der Waals surface area contributed by atoms with Gasteiger partial charge in [-0.25, -0.2) is 4.79 Å². The van der Waals surface area contributed by atoms with Crippen LogP contribution in [0.25, 0.3) is 0 Å². The van der Waals surface area contributed by atoms with Gasteiger partial charge in [-0.3, -0.25) is 4.68 Å². The molecule has 0 saturated carbocycles. The van der Waals surface area contributed by atoms with Crippen LogP contribution in [0.5, 0.6) is 0 Å². The van der Waals surface area contributed by atoms with E-state index in [1.165, 1.54) is 5.69 Å². The summed E-state index contributed by atoms with van der Waals surface area (Å²) in [4.78, 5) is 11.6. The maximum Gasteiger partial charge on any atom is 0.407 e. The zero-order valence-electron chi connectivity index (χ0n) is 13.8. The first-order valence-corrected chi connectivity index (χ1v) is 7.52. The first-order valence-electron chi connectivity index (χ1n) is 7.52. The van der Waals surface area contributed by atoms with Gasteiger partial charge < -0.3 is 15.4 Å². The highest BCUT2D eigenvalue weighted by molar-refractivity contribution is 5.67. The topological polar surface area (TPSA) is 68.2 Å². The highest BCUT2D eigenvalue weighted by Crippen LogP contribution is 2.07. The Hall–Kier alpha value is -1.56. The Morgan fingerprint density at radius 3 is 2.81 bits per heavy atom. The third-order valence-corrected chi connectivity index (χ3v) is 2.93. The fourth-order valence-electron chi connectivity index (χ4n) is 1.91. The van der Waals surface area contributed by atoms with Crippen molar-refractivity contribution in [2.24, 2.45) is 0 Å². The van der Waals surface area contributed by atoms with Crippen LogP contribution in [0.15, 0.2) is 12.3 Å². The summed E-state index contributed by atoms with van der Waals surface area (Å²) in [6, 6.07) is 2.09. The molecule has 0 spiro atoms. The summed E-state index contributed by atoms with van der Waals surface area (Å²) < 4.78 is 7.19. The molecule has 0 aliphatic rings. The fourth-order valence-corrected chi connectivity index (χ4v) is 1.91. The molecule has 1 unspecified atom stereocenters. The molecule has 0 radical (unpaired) electrons. The Kier molecular flexibility index (Phi) is 6.68. The molecule has 0 aromatic carbocycles. The van der Waals surface area contributed by atoms with Crippen molar-refractivity contribution < 1.29 is 9.53 Å². The third kappa shape index (κ3) is 7.13. The summed E-state index contributed by atoms with van der Waals surface area (Å²) in [6.45, 7) is 12.1. The van der Waals surface area contributed by atoms with Crippen LogP contribution in [0.1, 0.15) is 46.7 Å². The smallest absolute Gasteiger partial charge is 0.407 e. The predicted molar refractivity (Wildman–Crippen MR) is 83.1 cm³/mol. The van der Waals surface area contributed by atoms with E-state index in [9.17, 15) is 4.79 Å². The molecule has 1 heterocycles. The highest BCUT2D eigenvalue weighted by Gasteiger charge is 2.17. The lowest BCUT2D eigenvalue weighted by atomic mass is 10.2. The largest absolute Gasteiger partial charge is 0.444 e. The lowest BCUT2D eigenvalue weighted by Crippen LogP contribution is -2.38. The van der Waals surface area contributed by atoms with Crippen molar-refractivity contribution in [2.75, 3.05) is 6.54 Å². The number of carbonyl (C=O) groups is 1. The van der Waals surface area contributed by atoms with Crippen LogP contribution in [0, 0.1) is 0 Å². The van der Waals surface area contributed by atoms with Crippen LogP contribution in [0.4, 0.5) is 4.79 Å². The SMILES string of the molecule is CCn1nccc1CNCCC(C)NC(=O)OC(C)(C)C. The van der Waals surface area contributed by atoms with Gasteiger partial charge in [0.1, 0.15) is 5.60 Å². The number of nitrogens with zero attached hydrogens (tertiary/aromatic N) is 2. The van der Waals surface area contributed by atoms with Crippen molar-refractivity contribution in [3.63, 3.8) is 0 Å². The number of rotatable bonds is 7. The van der Waals surface area contributed by atoms with E-state index in [0.29, 0.717) is 0 Å². The standard InChI is InChI=1S/C15H28N4O2/c1-6-19-13(8-10-17-19)11-16-9-7-12(2)18-14(20)21-15(3,4)5/h8,10,12,16H,6-7,9,11H2,1-5H3,(H,18,20). The summed E-state index contributed by atoms with van der Waals surface area (Å²) in [6.07, 6.45) is 2.30. The second-order valence-electron chi connectivity index (χ2n) is 6.15. The average Bonchev–Trinajstić information content (AvgIpc) is 2.79. The number of aromatic nitrogens is 2. The number of hydrogen-bond acceptors (Lipinski definition) is 4. The highest BCUT2D eigenvalue weighted by atomic mass is 16.6. The molecule has 21 heavy (non-hydrogen) atoms. The van der Waals surface area contributed by atoms with Gasteiger partial charge in [0.15, 0.2) is 0 Å². The van der Waals surface area contributed by atoms with Crippen LogP contribution >= 0.6 is 0 Å². The minimum Gasteiger partial charge on any atom is -0.444 e. The molecule has 1 amide bonds. The maximum absolute atomic E-state index is 11.6. The van der Waals surface area contributed by atoms with Gasteiger partial charge in [-0.05, 0) is 53.7 Å². The quantitative estimate of drug-likeness (QED) is 0.758. The first kappa shape index (κ1) is 17.5. The van der Waals surface area contributed by atoms with E-state index in [0.717, 1.165) is 26.1 Å². The molecule has 0 saturated heterocycles. The summed E-state index contributed by atoms with van der Waals surface area (Å²) in [5.41, 5.74) is 0.714. The summed E-state index contributed by atoms with van der Waals surface area (Å²) in [5.74, 6) is 0. The van der Waals surface area contributed by atoms with Crippen molar-refractivity contribution in [3.8, 4) is 0 Å². The maximum atomic E-state index is 11.6. The Bertz CT molecular complexity index is 437. The predicted octanol–water partition coefficient (Wildman–Crippen LogP) is 2.30. The van der Waals surface area contributed by atoms with Crippen molar-refractivity contribution in [3.05, 3.63) is 18.0 Å². The Labute approximate surface area is 127 Å². The van der Waals surface area contributed by atoms with Gasteiger partial charge in [0.25, 0.3) is 0 Å². The van der Waals surface area contributed by atoms with Crippen LogP contribution in [0.3, 0.4) is 0 Å². The second kappa shape index (κ2) is 8.02. The van der Waals surface area contributed by atoms with Crippen molar-refractivity contribution >= 4 is 6.09 Å². The monoisotopic (exact) mass is 296 g/mol. The number of alkyl carbamates (subject to hydrolysis) is 1. The van der Waals surface area contributed by atoms with Crippen molar-refractivity contribution in [1.29, 1.82) is 0 Å². The minimum absolute atomic E-state index is 0.0726. The van der Waals surface area contributed by atoms with Crippen molar-refractivity contribution in [1.82, 2.24) is 20.4 Å². The minimum atomic E-state index is -0.458. The Morgan fingerprint density at radius 2 is 2.19 bits per heavy atom. The third-order valence-electron chi connectivity index (χ3n) is 2.93. The normalized spacial score (nSPS) is 13.0. The summed E-state index contributed by atoms with van der Waals surface area (Å²) in [5, 5.41) is 10.4. The molecule has 6 nitrogen and oxygen atoms in total. The number of ether oxygens (including phenoxy) is 1. The van der Waals surface area contributed by atoms with E-state index in [-0.39, 0.29) is 12.1 Å². The summed E-state index contributed by atoms with van der Waals surface area (Å²) >= 11 is 0. The molecule has 1 aromatic rings.